The summed E-state index contributed by atoms with van der Waals surface area (Å²) in [7, 11) is -3.53. The Morgan fingerprint density at radius 1 is 1.17 bits per heavy atom. The molecule has 2 rings (SSSR count). The van der Waals surface area contributed by atoms with Crippen LogP contribution in [0.5, 0.6) is 0 Å². The van der Waals surface area contributed by atoms with Gasteiger partial charge in [0.2, 0.25) is 10.0 Å². The fourth-order valence-corrected chi connectivity index (χ4v) is 3.50. The first-order valence-electron chi connectivity index (χ1n) is 5.94. The Morgan fingerprint density at radius 3 is 2.33 bits per heavy atom. The molecule has 0 spiro atoms. The summed E-state index contributed by atoms with van der Waals surface area (Å²) in [6, 6.07) is 3.29. The minimum absolute atomic E-state index is 0.0454. The predicted octanol–water partition coefficient (Wildman–Crippen LogP) is 1.88. The van der Waals surface area contributed by atoms with Crippen LogP contribution in [0.4, 0.5) is 5.69 Å². The third kappa shape index (κ3) is 2.57. The zero-order valence-electron chi connectivity index (χ0n) is 10.6. The van der Waals surface area contributed by atoms with Gasteiger partial charge in [-0.1, -0.05) is 12.2 Å². The summed E-state index contributed by atoms with van der Waals surface area (Å²) in [4.78, 5) is 0.178. The van der Waals surface area contributed by atoms with Crippen LogP contribution in [0, 0.1) is 13.8 Å². The monoisotopic (exact) mass is 266 g/mol. The van der Waals surface area contributed by atoms with Crippen LogP contribution in [0.2, 0.25) is 0 Å². The Balaban J connectivity index is 2.32. The molecule has 0 heterocycles. The van der Waals surface area contributed by atoms with E-state index < -0.39 is 10.0 Å². The molecule has 0 saturated carbocycles. The molecule has 0 amide bonds. The number of nitrogens with two attached hydrogens (primary N) is 1. The Hall–Kier alpha value is -1.33. The van der Waals surface area contributed by atoms with E-state index in [2.05, 4.69) is 4.72 Å². The number of anilines is 1. The van der Waals surface area contributed by atoms with Crippen LogP contribution in [-0.4, -0.2) is 14.5 Å². The molecule has 0 aromatic heterocycles. The van der Waals surface area contributed by atoms with Gasteiger partial charge >= 0.3 is 0 Å². The molecule has 98 valence electrons. The Labute approximate surface area is 108 Å². The van der Waals surface area contributed by atoms with Crippen molar-refractivity contribution in [3.05, 3.63) is 35.4 Å². The minimum Gasteiger partial charge on any atom is -0.398 e. The molecule has 0 saturated heterocycles. The lowest BCUT2D eigenvalue weighted by Crippen LogP contribution is -2.33. The maximum Gasteiger partial charge on any atom is 0.242 e. The van der Waals surface area contributed by atoms with E-state index in [4.69, 9.17) is 5.73 Å². The molecule has 1 aromatic rings. The van der Waals surface area contributed by atoms with Crippen molar-refractivity contribution >= 4 is 15.7 Å². The van der Waals surface area contributed by atoms with Crippen LogP contribution in [0.3, 0.4) is 0 Å². The fourth-order valence-electron chi connectivity index (χ4n) is 2.04. The molecule has 0 aliphatic heterocycles. The quantitative estimate of drug-likeness (QED) is 0.648. The van der Waals surface area contributed by atoms with Crippen LogP contribution in [0.25, 0.3) is 0 Å². The molecular formula is C13H18N2O2S. The average molecular weight is 266 g/mol. The van der Waals surface area contributed by atoms with Gasteiger partial charge in [-0.05, 0) is 49.9 Å². The van der Waals surface area contributed by atoms with Crippen molar-refractivity contribution in [2.24, 2.45) is 0 Å². The summed E-state index contributed by atoms with van der Waals surface area (Å²) in [5.41, 5.74) is 8.04. The van der Waals surface area contributed by atoms with Gasteiger partial charge in [-0.15, -0.1) is 0 Å². The molecule has 0 bridgehead atoms. The van der Waals surface area contributed by atoms with Gasteiger partial charge in [0.1, 0.15) is 4.90 Å². The normalized spacial score (nSPS) is 16.3. The lowest BCUT2D eigenvalue weighted by Gasteiger charge is -2.15. The first-order chi connectivity index (χ1) is 8.40. The van der Waals surface area contributed by atoms with Gasteiger partial charge in [-0.3, -0.25) is 0 Å². The van der Waals surface area contributed by atoms with Crippen molar-refractivity contribution in [2.45, 2.75) is 37.6 Å². The highest BCUT2D eigenvalue weighted by Gasteiger charge is 2.23. The molecule has 5 heteroatoms. The van der Waals surface area contributed by atoms with E-state index in [0.717, 1.165) is 24.0 Å². The van der Waals surface area contributed by atoms with E-state index in [-0.39, 0.29) is 10.9 Å². The first kappa shape index (κ1) is 13.1. The smallest absolute Gasteiger partial charge is 0.242 e. The lowest BCUT2D eigenvalue weighted by atomic mass is 10.1. The van der Waals surface area contributed by atoms with Crippen molar-refractivity contribution in [2.75, 3.05) is 5.73 Å². The summed E-state index contributed by atoms with van der Waals surface area (Å²) in [5, 5.41) is 0. The molecule has 18 heavy (non-hydrogen) atoms. The predicted molar refractivity (Wildman–Crippen MR) is 72.8 cm³/mol. The molecule has 0 radical (unpaired) electrons. The number of benzene rings is 1. The Bertz CT molecular complexity index is 583. The van der Waals surface area contributed by atoms with Crippen molar-refractivity contribution < 1.29 is 8.42 Å². The van der Waals surface area contributed by atoms with Gasteiger partial charge in [-0.25, -0.2) is 13.1 Å². The maximum absolute atomic E-state index is 12.3. The number of sulfonamides is 1. The maximum atomic E-state index is 12.3. The van der Waals surface area contributed by atoms with Gasteiger partial charge in [0.15, 0.2) is 0 Å². The number of hydrogen-bond donors (Lipinski definition) is 2. The number of nitrogen functional groups attached to an aromatic ring is 1. The van der Waals surface area contributed by atoms with Crippen molar-refractivity contribution in [1.29, 1.82) is 0 Å². The third-order valence-corrected chi connectivity index (χ3v) is 4.82. The summed E-state index contributed by atoms with van der Waals surface area (Å²) >= 11 is 0. The van der Waals surface area contributed by atoms with Crippen molar-refractivity contribution in [1.82, 2.24) is 4.72 Å². The molecule has 4 nitrogen and oxygen atoms in total. The van der Waals surface area contributed by atoms with E-state index in [9.17, 15) is 8.42 Å². The number of hydrogen-bond acceptors (Lipinski definition) is 3. The molecule has 1 aromatic carbocycles. The summed E-state index contributed by atoms with van der Waals surface area (Å²) in [5.74, 6) is 0. The fraction of sp³-hybridized carbons (Fsp3) is 0.385. The summed E-state index contributed by atoms with van der Waals surface area (Å²) in [6.45, 7) is 3.79. The zero-order chi connectivity index (χ0) is 13.3. The first-order valence-corrected chi connectivity index (χ1v) is 7.42. The second kappa shape index (κ2) is 4.74. The van der Waals surface area contributed by atoms with Crippen LogP contribution in [0.1, 0.15) is 24.0 Å². The Morgan fingerprint density at radius 2 is 1.72 bits per heavy atom. The van der Waals surface area contributed by atoms with E-state index in [1.807, 2.05) is 26.0 Å². The van der Waals surface area contributed by atoms with Gasteiger partial charge in [0, 0.05) is 6.04 Å². The lowest BCUT2D eigenvalue weighted by molar-refractivity contribution is 0.558. The summed E-state index contributed by atoms with van der Waals surface area (Å²) in [6.07, 6.45) is 5.45. The highest BCUT2D eigenvalue weighted by atomic mass is 32.2. The molecule has 0 atom stereocenters. The molecule has 1 aliphatic carbocycles. The van der Waals surface area contributed by atoms with E-state index in [1.165, 1.54) is 0 Å². The van der Waals surface area contributed by atoms with E-state index in [1.54, 1.807) is 12.1 Å². The third-order valence-electron chi connectivity index (χ3n) is 3.25. The van der Waals surface area contributed by atoms with Crippen LogP contribution in [-0.2, 0) is 10.0 Å². The number of aryl methyl sites for hydroxylation is 2. The van der Waals surface area contributed by atoms with Crippen molar-refractivity contribution in [3.8, 4) is 0 Å². The van der Waals surface area contributed by atoms with Crippen LogP contribution >= 0.6 is 0 Å². The van der Waals surface area contributed by atoms with Crippen LogP contribution in [0.15, 0.2) is 29.2 Å². The standard InChI is InChI=1S/C13H18N2O2S/c1-9-7-12(14)13(8-10(9)2)18(16,17)15-11-5-3-4-6-11/h3-4,7-8,11,15H,5-6,14H2,1-2H3. The number of rotatable bonds is 3. The molecule has 1 aliphatic rings. The second-order valence-corrected chi connectivity index (χ2v) is 6.42. The topological polar surface area (TPSA) is 72.2 Å². The SMILES string of the molecule is Cc1cc(N)c(S(=O)(=O)NC2CC=CC2)cc1C. The largest absolute Gasteiger partial charge is 0.398 e. The minimum atomic E-state index is -3.53. The summed E-state index contributed by atoms with van der Waals surface area (Å²) < 4.78 is 27.2. The highest BCUT2D eigenvalue weighted by molar-refractivity contribution is 7.89. The highest BCUT2D eigenvalue weighted by Crippen LogP contribution is 2.23. The van der Waals surface area contributed by atoms with E-state index >= 15 is 0 Å². The van der Waals surface area contributed by atoms with Gasteiger partial charge in [0.05, 0.1) is 5.69 Å². The van der Waals surface area contributed by atoms with Crippen LogP contribution < -0.4 is 10.5 Å². The molecule has 3 N–H and O–H groups in total. The van der Waals surface area contributed by atoms with Gasteiger partial charge < -0.3 is 5.73 Å². The second-order valence-electron chi connectivity index (χ2n) is 4.74. The van der Waals surface area contributed by atoms with Gasteiger partial charge in [0.25, 0.3) is 0 Å². The average Bonchev–Trinajstić information content (AvgIpc) is 2.75. The zero-order valence-corrected chi connectivity index (χ0v) is 11.4. The van der Waals surface area contributed by atoms with Crippen molar-refractivity contribution in [3.63, 3.8) is 0 Å². The molecule has 0 unspecified atom stereocenters. The molecular weight excluding hydrogens is 248 g/mol. The Kier molecular flexibility index (Phi) is 3.45. The van der Waals surface area contributed by atoms with Gasteiger partial charge in [-0.2, -0.15) is 0 Å². The molecule has 0 fully saturated rings. The number of nitrogens with one attached hydrogen (secondary N) is 1. The van der Waals surface area contributed by atoms with E-state index in [0.29, 0.717) is 5.69 Å².